The Kier molecular flexibility index (Phi) is 5.33. The minimum absolute atomic E-state index is 0.173. The Morgan fingerprint density at radius 1 is 1.11 bits per heavy atom. The summed E-state index contributed by atoms with van der Waals surface area (Å²) in [5.41, 5.74) is 1.16. The number of nitrogens with zero attached hydrogens (tertiary/aromatic N) is 3. The number of hydrogen-bond acceptors (Lipinski definition) is 5. The Morgan fingerprint density at radius 3 is 2.68 bits per heavy atom. The van der Waals surface area contributed by atoms with Gasteiger partial charge in [-0.05, 0) is 35.9 Å². The van der Waals surface area contributed by atoms with E-state index in [0.29, 0.717) is 42.8 Å². The van der Waals surface area contributed by atoms with Crippen LogP contribution in [0.15, 0.2) is 63.0 Å². The van der Waals surface area contributed by atoms with E-state index >= 15 is 0 Å². The van der Waals surface area contributed by atoms with Crippen LogP contribution in [-0.2, 0) is 21.3 Å². The summed E-state index contributed by atoms with van der Waals surface area (Å²) in [6.45, 7) is 1.71. The molecule has 0 bridgehead atoms. The van der Waals surface area contributed by atoms with Gasteiger partial charge in [-0.3, -0.25) is 9.36 Å². The van der Waals surface area contributed by atoms with Crippen LogP contribution in [0, 0.1) is 0 Å². The van der Waals surface area contributed by atoms with Gasteiger partial charge in [0.2, 0.25) is 10.0 Å². The summed E-state index contributed by atoms with van der Waals surface area (Å²) in [6.07, 6.45) is 1.49. The van der Waals surface area contributed by atoms with Gasteiger partial charge in [0.05, 0.1) is 41.9 Å². The van der Waals surface area contributed by atoms with Gasteiger partial charge in [-0.1, -0.05) is 28.1 Å². The van der Waals surface area contributed by atoms with Crippen LogP contribution >= 0.6 is 15.9 Å². The van der Waals surface area contributed by atoms with Crippen molar-refractivity contribution in [3.63, 3.8) is 0 Å². The van der Waals surface area contributed by atoms with E-state index in [2.05, 4.69) is 20.9 Å². The first kappa shape index (κ1) is 19.3. The van der Waals surface area contributed by atoms with Gasteiger partial charge in [-0.25, -0.2) is 13.4 Å². The number of morpholine rings is 1. The van der Waals surface area contributed by atoms with Gasteiger partial charge in [0.15, 0.2) is 0 Å². The molecule has 28 heavy (non-hydrogen) atoms. The van der Waals surface area contributed by atoms with E-state index in [1.165, 1.54) is 15.2 Å². The smallest absolute Gasteiger partial charge is 0.261 e. The maximum Gasteiger partial charge on any atom is 0.261 e. The summed E-state index contributed by atoms with van der Waals surface area (Å²) in [7, 11) is -3.58. The summed E-state index contributed by atoms with van der Waals surface area (Å²) < 4.78 is 34.7. The van der Waals surface area contributed by atoms with Crippen LogP contribution in [0.3, 0.4) is 0 Å². The molecule has 3 aromatic rings. The molecule has 4 rings (SSSR count). The van der Waals surface area contributed by atoms with Gasteiger partial charge in [-0.2, -0.15) is 4.31 Å². The van der Waals surface area contributed by atoms with Crippen molar-refractivity contribution in [3.05, 3.63) is 69.2 Å². The summed E-state index contributed by atoms with van der Waals surface area (Å²) >= 11 is 3.37. The van der Waals surface area contributed by atoms with E-state index in [9.17, 15) is 13.2 Å². The third-order valence-electron chi connectivity index (χ3n) is 4.65. The van der Waals surface area contributed by atoms with Crippen LogP contribution in [0.2, 0.25) is 0 Å². The lowest BCUT2D eigenvalue weighted by Gasteiger charge is -2.26. The Hall–Kier alpha value is -2.07. The van der Waals surface area contributed by atoms with Crippen molar-refractivity contribution < 1.29 is 13.2 Å². The zero-order valence-corrected chi connectivity index (χ0v) is 17.3. The molecule has 146 valence electrons. The molecule has 1 saturated heterocycles. The number of aromatic nitrogens is 2. The van der Waals surface area contributed by atoms with Gasteiger partial charge in [0.1, 0.15) is 0 Å². The second kappa shape index (κ2) is 7.75. The first-order valence-corrected chi connectivity index (χ1v) is 11.0. The summed E-state index contributed by atoms with van der Waals surface area (Å²) in [5.74, 6) is 0. The first-order chi connectivity index (χ1) is 13.4. The van der Waals surface area contributed by atoms with Crippen molar-refractivity contribution in [2.75, 3.05) is 26.3 Å². The monoisotopic (exact) mass is 463 g/mol. The SMILES string of the molecule is O=c1c2cc(Br)ccc2ncn1Cc1cccc(S(=O)(=O)N2CCOCC2)c1. The molecule has 1 aliphatic rings. The molecule has 0 unspecified atom stereocenters. The number of sulfonamides is 1. The molecule has 7 nitrogen and oxygen atoms in total. The third-order valence-corrected chi connectivity index (χ3v) is 7.03. The fourth-order valence-electron chi connectivity index (χ4n) is 3.18. The molecule has 0 N–H and O–H groups in total. The maximum absolute atomic E-state index is 12.9. The highest BCUT2D eigenvalue weighted by Gasteiger charge is 2.26. The van der Waals surface area contributed by atoms with E-state index < -0.39 is 10.0 Å². The standard InChI is InChI=1S/C19H18BrN3O4S/c20-15-4-5-18-17(11-15)19(24)22(13-21-18)12-14-2-1-3-16(10-14)28(25,26)23-6-8-27-9-7-23/h1-5,10-11,13H,6-9,12H2. The average molecular weight is 464 g/mol. The second-order valence-electron chi connectivity index (χ2n) is 6.50. The molecule has 1 aliphatic heterocycles. The van der Waals surface area contributed by atoms with Crippen molar-refractivity contribution in [2.24, 2.45) is 0 Å². The van der Waals surface area contributed by atoms with Crippen LogP contribution in [-0.4, -0.2) is 48.6 Å². The zero-order chi connectivity index (χ0) is 19.7. The highest BCUT2D eigenvalue weighted by atomic mass is 79.9. The van der Waals surface area contributed by atoms with Gasteiger partial charge >= 0.3 is 0 Å². The van der Waals surface area contributed by atoms with Crippen molar-refractivity contribution in [3.8, 4) is 0 Å². The Bertz CT molecular complexity index is 1190. The summed E-state index contributed by atoms with van der Waals surface area (Å²) in [5, 5.41) is 0.508. The lowest BCUT2D eigenvalue weighted by atomic mass is 10.2. The molecule has 9 heteroatoms. The fourth-order valence-corrected chi connectivity index (χ4v) is 5.02. The van der Waals surface area contributed by atoms with Gasteiger partial charge in [0.25, 0.3) is 5.56 Å². The molecular weight excluding hydrogens is 446 g/mol. The van der Waals surface area contributed by atoms with Crippen LogP contribution in [0.1, 0.15) is 5.56 Å². The highest BCUT2D eigenvalue weighted by molar-refractivity contribution is 9.10. The topological polar surface area (TPSA) is 81.5 Å². The van der Waals surface area contributed by atoms with Crippen molar-refractivity contribution in [2.45, 2.75) is 11.4 Å². The molecule has 1 fully saturated rings. The molecular formula is C19H18BrN3O4S. The van der Waals surface area contributed by atoms with E-state index in [4.69, 9.17) is 4.74 Å². The molecule has 0 amide bonds. The largest absolute Gasteiger partial charge is 0.379 e. The minimum atomic E-state index is -3.58. The number of ether oxygens (including phenoxy) is 1. The number of halogens is 1. The predicted molar refractivity (Wildman–Crippen MR) is 109 cm³/mol. The number of fused-ring (bicyclic) bond motifs is 1. The molecule has 0 radical (unpaired) electrons. The average Bonchev–Trinajstić information content (AvgIpc) is 2.71. The van der Waals surface area contributed by atoms with Crippen molar-refractivity contribution >= 4 is 36.9 Å². The first-order valence-electron chi connectivity index (χ1n) is 8.77. The Labute approximate surface area is 170 Å². The molecule has 0 spiro atoms. The minimum Gasteiger partial charge on any atom is -0.379 e. The van der Waals surface area contributed by atoms with Crippen molar-refractivity contribution in [1.82, 2.24) is 13.9 Å². The van der Waals surface area contributed by atoms with Crippen LogP contribution in [0.25, 0.3) is 10.9 Å². The predicted octanol–water partition coefficient (Wildman–Crippen LogP) is 2.23. The number of hydrogen-bond donors (Lipinski definition) is 0. The number of rotatable bonds is 4. The Morgan fingerprint density at radius 2 is 1.89 bits per heavy atom. The molecule has 2 aromatic carbocycles. The van der Waals surface area contributed by atoms with Crippen LogP contribution in [0.4, 0.5) is 0 Å². The maximum atomic E-state index is 12.9. The van der Waals surface area contributed by atoms with Crippen LogP contribution in [0.5, 0.6) is 0 Å². The lowest BCUT2D eigenvalue weighted by Crippen LogP contribution is -2.40. The van der Waals surface area contributed by atoms with Crippen LogP contribution < -0.4 is 5.56 Å². The fraction of sp³-hybridized carbons (Fsp3) is 0.263. The van der Waals surface area contributed by atoms with Crippen molar-refractivity contribution in [1.29, 1.82) is 0 Å². The third kappa shape index (κ3) is 3.75. The molecule has 0 saturated carbocycles. The molecule has 0 aliphatic carbocycles. The molecule has 1 aromatic heterocycles. The quantitative estimate of drug-likeness (QED) is 0.592. The van der Waals surface area contributed by atoms with Gasteiger partial charge < -0.3 is 4.74 Å². The summed E-state index contributed by atoms with van der Waals surface area (Å²) in [6, 6.07) is 12.0. The zero-order valence-electron chi connectivity index (χ0n) is 14.9. The lowest BCUT2D eigenvalue weighted by molar-refractivity contribution is 0.0730. The summed E-state index contributed by atoms with van der Waals surface area (Å²) in [4.78, 5) is 17.3. The van der Waals surface area contributed by atoms with Gasteiger partial charge in [0, 0.05) is 17.6 Å². The van der Waals surface area contributed by atoms with E-state index in [-0.39, 0.29) is 17.0 Å². The van der Waals surface area contributed by atoms with E-state index in [0.717, 1.165) is 4.47 Å². The molecule has 0 atom stereocenters. The van der Waals surface area contributed by atoms with E-state index in [1.54, 1.807) is 36.4 Å². The second-order valence-corrected chi connectivity index (χ2v) is 9.36. The highest BCUT2D eigenvalue weighted by Crippen LogP contribution is 2.19. The van der Waals surface area contributed by atoms with E-state index in [1.807, 2.05) is 6.07 Å². The normalized spacial score (nSPS) is 15.8. The molecule has 2 heterocycles. The number of benzene rings is 2. The van der Waals surface area contributed by atoms with Gasteiger partial charge in [-0.15, -0.1) is 0 Å². The Balaban J connectivity index is 1.66.